The third-order valence-corrected chi connectivity index (χ3v) is 4.55. The summed E-state index contributed by atoms with van der Waals surface area (Å²) in [5.74, 6) is -0.00372. The molecule has 1 aliphatic heterocycles. The zero-order chi connectivity index (χ0) is 15.5. The van der Waals surface area contributed by atoms with Crippen LogP contribution in [-0.2, 0) is 4.79 Å². The van der Waals surface area contributed by atoms with Gasteiger partial charge in [0.2, 0.25) is 5.91 Å². The SMILES string of the molecule is O=C(Nc1cccc(N2CCCC2=O)c1)c1ccccc1I. The first-order valence-electron chi connectivity index (χ1n) is 7.11. The largest absolute Gasteiger partial charge is 0.322 e. The lowest BCUT2D eigenvalue weighted by Crippen LogP contribution is -2.23. The number of carbonyl (C=O) groups excluding carboxylic acids is 2. The highest BCUT2D eigenvalue weighted by Crippen LogP contribution is 2.24. The number of benzene rings is 2. The Morgan fingerprint density at radius 1 is 1.14 bits per heavy atom. The molecule has 5 heteroatoms. The van der Waals surface area contributed by atoms with Crippen molar-refractivity contribution in [1.82, 2.24) is 0 Å². The third kappa shape index (κ3) is 3.14. The van der Waals surface area contributed by atoms with Gasteiger partial charge in [-0.3, -0.25) is 9.59 Å². The van der Waals surface area contributed by atoms with Gasteiger partial charge >= 0.3 is 0 Å². The van der Waals surface area contributed by atoms with Gasteiger partial charge < -0.3 is 10.2 Å². The molecular weight excluding hydrogens is 391 g/mol. The second-order valence-corrected chi connectivity index (χ2v) is 6.30. The van der Waals surface area contributed by atoms with Gasteiger partial charge in [-0.25, -0.2) is 0 Å². The highest BCUT2D eigenvalue weighted by Gasteiger charge is 2.21. The summed E-state index contributed by atoms with van der Waals surface area (Å²) >= 11 is 2.14. The van der Waals surface area contributed by atoms with E-state index in [4.69, 9.17) is 0 Å². The van der Waals surface area contributed by atoms with E-state index in [1.165, 1.54) is 0 Å². The fourth-order valence-corrected chi connectivity index (χ4v) is 3.15. The number of nitrogens with zero attached hydrogens (tertiary/aromatic N) is 1. The summed E-state index contributed by atoms with van der Waals surface area (Å²) < 4.78 is 0.906. The number of rotatable bonds is 3. The van der Waals surface area contributed by atoms with Crippen molar-refractivity contribution < 1.29 is 9.59 Å². The lowest BCUT2D eigenvalue weighted by molar-refractivity contribution is -0.117. The molecular formula is C17H15IN2O2. The van der Waals surface area contributed by atoms with Crippen LogP contribution in [0.4, 0.5) is 11.4 Å². The average Bonchev–Trinajstić information content (AvgIpc) is 2.94. The Bertz CT molecular complexity index is 730. The molecule has 0 radical (unpaired) electrons. The summed E-state index contributed by atoms with van der Waals surface area (Å²) in [4.78, 5) is 25.9. The molecule has 1 aliphatic rings. The molecule has 1 fully saturated rings. The van der Waals surface area contributed by atoms with Crippen molar-refractivity contribution in [1.29, 1.82) is 0 Å². The molecule has 1 heterocycles. The van der Waals surface area contributed by atoms with Crippen LogP contribution in [0, 0.1) is 3.57 Å². The molecule has 0 bridgehead atoms. The van der Waals surface area contributed by atoms with Crippen LogP contribution in [0.15, 0.2) is 48.5 Å². The predicted octanol–water partition coefficient (Wildman–Crippen LogP) is 3.67. The summed E-state index contributed by atoms with van der Waals surface area (Å²) in [6, 6.07) is 14.9. The first-order valence-corrected chi connectivity index (χ1v) is 8.19. The average molecular weight is 406 g/mol. The van der Waals surface area contributed by atoms with Crippen LogP contribution in [0.25, 0.3) is 0 Å². The Labute approximate surface area is 142 Å². The maximum absolute atomic E-state index is 12.3. The van der Waals surface area contributed by atoms with Crippen LogP contribution in [0.3, 0.4) is 0 Å². The van der Waals surface area contributed by atoms with Gasteiger partial charge in [-0.2, -0.15) is 0 Å². The molecule has 1 saturated heterocycles. The molecule has 2 aromatic carbocycles. The van der Waals surface area contributed by atoms with Crippen molar-refractivity contribution in [2.24, 2.45) is 0 Å². The summed E-state index contributed by atoms with van der Waals surface area (Å²) in [7, 11) is 0. The van der Waals surface area contributed by atoms with E-state index >= 15 is 0 Å². The van der Waals surface area contributed by atoms with Gasteiger partial charge in [0.15, 0.2) is 0 Å². The summed E-state index contributed by atoms with van der Waals surface area (Å²) in [5.41, 5.74) is 2.18. The first-order chi connectivity index (χ1) is 10.6. The number of hydrogen-bond acceptors (Lipinski definition) is 2. The van der Waals surface area contributed by atoms with Crippen molar-refractivity contribution >= 4 is 45.8 Å². The molecule has 3 rings (SSSR count). The number of nitrogens with one attached hydrogen (secondary N) is 1. The zero-order valence-electron chi connectivity index (χ0n) is 11.9. The van der Waals surface area contributed by atoms with Gasteiger partial charge in [-0.1, -0.05) is 18.2 Å². The standard InChI is InChI=1S/C17H15IN2O2/c18-15-8-2-1-7-14(15)17(22)19-12-5-3-6-13(11-12)20-10-4-9-16(20)21/h1-3,5-8,11H,4,9-10H2,(H,19,22). The van der Waals surface area contributed by atoms with Crippen LogP contribution >= 0.6 is 22.6 Å². The Morgan fingerprint density at radius 2 is 1.95 bits per heavy atom. The second kappa shape index (κ2) is 6.48. The fourth-order valence-electron chi connectivity index (χ4n) is 2.52. The molecule has 0 aliphatic carbocycles. The summed E-state index contributed by atoms with van der Waals surface area (Å²) in [6.45, 7) is 0.743. The second-order valence-electron chi connectivity index (χ2n) is 5.13. The summed E-state index contributed by atoms with van der Waals surface area (Å²) in [6.07, 6.45) is 1.48. The highest BCUT2D eigenvalue weighted by atomic mass is 127. The highest BCUT2D eigenvalue weighted by molar-refractivity contribution is 14.1. The molecule has 1 N–H and O–H groups in total. The van der Waals surface area contributed by atoms with Crippen LogP contribution < -0.4 is 10.2 Å². The van der Waals surface area contributed by atoms with Crippen molar-refractivity contribution in [2.75, 3.05) is 16.8 Å². The topological polar surface area (TPSA) is 49.4 Å². The third-order valence-electron chi connectivity index (χ3n) is 3.61. The molecule has 22 heavy (non-hydrogen) atoms. The van der Waals surface area contributed by atoms with Crippen LogP contribution in [0.2, 0.25) is 0 Å². The molecule has 0 unspecified atom stereocenters. The van der Waals surface area contributed by atoms with Crippen LogP contribution in [0.1, 0.15) is 23.2 Å². The van der Waals surface area contributed by atoms with E-state index in [9.17, 15) is 9.59 Å². The molecule has 2 aromatic rings. The van der Waals surface area contributed by atoms with Gasteiger partial charge in [-0.15, -0.1) is 0 Å². The first kappa shape index (κ1) is 15.0. The number of halogens is 1. The fraction of sp³-hybridized carbons (Fsp3) is 0.176. The maximum Gasteiger partial charge on any atom is 0.256 e. The molecule has 0 atom stereocenters. The van der Waals surface area contributed by atoms with Gasteiger partial charge in [0, 0.05) is 27.9 Å². The molecule has 2 amide bonds. The minimum atomic E-state index is -0.144. The Hall–Kier alpha value is -1.89. The van der Waals surface area contributed by atoms with Crippen LogP contribution in [0.5, 0.6) is 0 Å². The zero-order valence-corrected chi connectivity index (χ0v) is 14.0. The van der Waals surface area contributed by atoms with E-state index in [1.54, 1.807) is 11.0 Å². The molecule has 0 spiro atoms. The predicted molar refractivity (Wildman–Crippen MR) is 95.1 cm³/mol. The lowest BCUT2D eigenvalue weighted by Gasteiger charge is -2.17. The number of amides is 2. The van der Waals surface area contributed by atoms with E-state index in [-0.39, 0.29) is 11.8 Å². The van der Waals surface area contributed by atoms with E-state index < -0.39 is 0 Å². The van der Waals surface area contributed by atoms with Gasteiger partial charge in [0.25, 0.3) is 5.91 Å². The summed E-state index contributed by atoms with van der Waals surface area (Å²) in [5, 5.41) is 2.90. The van der Waals surface area contributed by atoms with Gasteiger partial charge in [-0.05, 0) is 59.3 Å². The van der Waals surface area contributed by atoms with E-state index in [2.05, 4.69) is 27.9 Å². The quantitative estimate of drug-likeness (QED) is 0.791. The normalized spacial score (nSPS) is 14.2. The number of hydrogen-bond donors (Lipinski definition) is 1. The van der Waals surface area contributed by atoms with E-state index in [1.807, 2.05) is 42.5 Å². The van der Waals surface area contributed by atoms with Crippen LogP contribution in [-0.4, -0.2) is 18.4 Å². The van der Waals surface area contributed by atoms with Gasteiger partial charge in [0.1, 0.15) is 0 Å². The molecule has 0 aromatic heterocycles. The number of carbonyl (C=O) groups is 2. The van der Waals surface area contributed by atoms with E-state index in [0.29, 0.717) is 17.7 Å². The number of anilines is 2. The minimum absolute atomic E-state index is 0.140. The van der Waals surface area contributed by atoms with Crippen molar-refractivity contribution in [2.45, 2.75) is 12.8 Å². The smallest absolute Gasteiger partial charge is 0.256 e. The van der Waals surface area contributed by atoms with Crippen molar-refractivity contribution in [3.63, 3.8) is 0 Å². The lowest BCUT2D eigenvalue weighted by atomic mass is 10.2. The Morgan fingerprint density at radius 3 is 2.68 bits per heavy atom. The van der Waals surface area contributed by atoms with Crippen molar-refractivity contribution in [3.8, 4) is 0 Å². The molecule has 4 nitrogen and oxygen atoms in total. The Balaban J connectivity index is 1.80. The van der Waals surface area contributed by atoms with Gasteiger partial charge in [0.05, 0.1) is 5.56 Å². The monoisotopic (exact) mass is 406 g/mol. The Kier molecular flexibility index (Phi) is 4.42. The van der Waals surface area contributed by atoms with Crippen molar-refractivity contribution in [3.05, 3.63) is 57.7 Å². The minimum Gasteiger partial charge on any atom is -0.322 e. The maximum atomic E-state index is 12.3. The molecule has 112 valence electrons. The molecule has 0 saturated carbocycles. The van der Waals surface area contributed by atoms with E-state index in [0.717, 1.165) is 22.2 Å².